The number of para-hydroxylation sites is 1. The molecule has 0 spiro atoms. The Morgan fingerprint density at radius 1 is 1.50 bits per heavy atom. The first-order valence-corrected chi connectivity index (χ1v) is 4.74. The number of ether oxygens (including phenoxy) is 1. The van der Waals surface area contributed by atoms with Crippen molar-refractivity contribution in [2.75, 3.05) is 7.11 Å². The molecule has 0 aliphatic heterocycles. The van der Waals surface area contributed by atoms with Crippen molar-refractivity contribution in [3.63, 3.8) is 0 Å². The zero-order valence-electron chi connectivity index (χ0n) is 7.37. The van der Waals surface area contributed by atoms with Crippen LogP contribution in [-0.4, -0.2) is 17.1 Å². The van der Waals surface area contributed by atoms with Crippen LogP contribution < -0.4 is 10.3 Å². The van der Waals surface area contributed by atoms with Crippen molar-refractivity contribution in [1.82, 2.24) is 9.97 Å². The Morgan fingerprint density at radius 2 is 2.29 bits per heavy atom. The summed E-state index contributed by atoms with van der Waals surface area (Å²) in [6.07, 6.45) is 0. The average molecular weight is 255 g/mol. The third-order valence-corrected chi connectivity index (χ3v) is 2.50. The van der Waals surface area contributed by atoms with Crippen molar-refractivity contribution in [2.45, 2.75) is 0 Å². The van der Waals surface area contributed by atoms with Crippen LogP contribution >= 0.6 is 15.9 Å². The Hall–Kier alpha value is -1.36. The largest absolute Gasteiger partial charge is 0.468 e. The number of hydrogen-bond acceptors (Lipinski definition) is 3. The molecule has 1 aromatic carbocycles. The van der Waals surface area contributed by atoms with Crippen molar-refractivity contribution in [3.05, 3.63) is 33.0 Å². The van der Waals surface area contributed by atoms with Gasteiger partial charge in [-0.2, -0.15) is 4.98 Å². The van der Waals surface area contributed by atoms with E-state index in [1.807, 2.05) is 6.07 Å². The van der Waals surface area contributed by atoms with Gasteiger partial charge in [0.25, 0.3) is 11.6 Å². The summed E-state index contributed by atoms with van der Waals surface area (Å²) in [5.41, 5.74) is 0.404. The van der Waals surface area contributed by atoms with E-state index in [-0.39, 0.29) is 11.6 Å². The molecule has 1 aromatic heterocycles. The second-order valence-corrected chi connectivity index (χ2v) is 3.57. The number of aromatic nitrogens is 2. The normalized spacial score (nSPS) is 10.4. The number of hydrogen-bond donors (Lipinski definition) is 1. The Balaban J connectivity index is 2.91. The summed E-state index contributed by atoms with van der Waals surface area (Å²) >= 11 is 3.32. The Labute approximate surface area is 88.1 Å². The minimum atomic E-state index is -0.201. The molecule has 72 valence electrons. The Morgan fingerprint density at radius 3 is 3.00 bits per heavy atom. The molecule has 1 heterocycles. The molecule has 0 atom stereocenters. The molecule has 0 saturated heterocycles. The maximum atomic E-state index is 11.5. The van der Waals surface area contributed by atoms with E-state index < -0.39 is 0 Å². The number of rotatable bonds is 1. The van der Waals surface area contributed by atoms with Gasteiger partial charge in [0.2, 0.25) is 0 Å². The standard InChI is InChI=1S/C9H7BrN2O2/c1-14-9-11-7-5(8(13)12-9)3-2-4-6(7)10/h2-4H,1H3,(H,11,12,13). The summed E-state index contributed by atoms with van der Waals surface area (Å²) in [4.78, 5) is 18.2. The van der Waals surface area contributed by atoms with Gasteiger partial charge in [-0.15, -0.1) is 0 Å². The van der Waals surface area contributed by atoms with Gasteiger partial charge in [0, 0.05) is 4.47 Å². The SMILES string of the molecule is COc1nc2c(Br)cccc2c(=O)[nH]1. The molecule has 0 radical (unpaired) electrons. The van der Waals surface area contributed by atoms with Gasteiger partial charge in [0.1, 0.15) is 0 Å². The molecule has 4 nitrogen and oxygen atoms in total. The summed E-state index contributed by atoms with van der Waals surface area (Å²) < 4.78 is 5.65. The Kier molecular flexibility index (Phi) is 2.25. The van der Waals surface area contributed by atoms with Crippen LogP contribution in [-0.2, 0) is 0 Å². The van der Waals surface area contributed by atoms with Gasteiger partial charge in [-0.05, 0) is 28.1 Å². The molecule has 0 unspecified atom stereocenters. The first-order chi connectivity index (χ1) is 6.72. The lowest BCUT2D eigenvalue weighted by atomic mass is 10.2. The quantitative estimate of drug-likeness (QED) is 0.843. The van der Waals surface area contributed by atoms with E-state index >= 15 is 0 Å². The van der Waals surface area contributed by atoms with Gasteiger partial charge in [0.05, 0.1) is 18.0 Å². The van der Waals surface area contributed by atoms with Crippen LogP contribution in [0.2, 0.25) is 0 Å². The number of methoxy groups -OCH3 is 1. The van der Waals surface area contributed by atoms with Crippen LogP contribution in [0.5, 0.6) is 6.01 Å². The van der Waals surface area contributed by atoms with Crippen LogP contribution in [0.15, 0.2) is 27.5 Å². The topological polar surface area (TPSA) is 55.0 Å². The summed E-state index contributed by atoms with van der Waals surface area (Å²) in [6.45, 7) is 0. The Bertz CT molecular complexity index is 536. The molecule has 5 heteroatoms. The average Bonchev–Trinajstić information content (AvgIpc) is 2.19. The fourth-order valence-electron chi connectivity index (χ4n) is 1.20. The molecular formula is C9H7BrN2O2. The molecule has 2 rings (SSSR count). The summed E-state index contributed by atoms with van der Waals surface area (Å²) in [5.74, 6) is 0. The first-order valence-electron chi connectivity index (χ1n) is 3.95. The van der Waals surface area contributed by atoms with Gasteiger partial charge in [-0.1, -0.05) is 6.07 Å². The fourth-order valence-corrected chi connectivity index (χ4v) is 1.66. The highest BCUT2D eigenvalue weighted by Crippen LogP contribution is 2.20. The van der Waals surface area contributed by atoms with E-state index in [2.05, 4.69) is 25.9 Å². The van der Waals surface area contributed by atoms with E-state index in [9.17, 15) is 4.79 Å². The predicted octanol–water partition coefficient (Wildman–Crippen LogP) is 1.69. The summed E-state index contributed by atoms with van der Waals surface area (Å²) in [6, 6.07) is 5.55. The monoisotopic (exact) mass is 254 g/mol. The molecule has 0 aliphatic carbocycles. The number of fused-ring (bicyclic) bond motifs is 1. The lowest BCUT2D eigenvalue weighted by Crippen LogP contribution is -2.09. The van der Waals surface area contributed by atoms with Crippen LogP contribution in [0, 0.1) is 0 Å². The van der Waals surface area contributed by atoms with Crippen molar-refractivity contribution in [1.29, 1.82) is 0 Å². The molecule has 1 N–H and O–H groups in total. The van der Waals surface area contributed by atoms with Gasteiger partial charge in [0.15, 0.2) is 0 Å². The van der Waals surface area contributed by atoms with Crippen molar-refractivity contribution in [2.24, 2.45) is 0 Å². The molecule has 0 aliphatic rings. The van der Waals surface area contributed by atoms with Gasteiger partial charge >= 0.3 is 0 Å². The maximum absolute atomic E-state index is 11.5. The zero-order valence-corrected chi connectivity index (χ0v) is 8.96. The molecule has 0 amide bonds. The van der Waals surface area contributed by atoms with E-state index in [0.717, 1.165) is 4.47 Å². The molecule has 0 fully saturated rings. The lowest BCUT2D eigenvalue weighted by Gasteiger charge is -2.01. The third kappa shape index (κ3) is 1.39. The summed E-state index contributed by atoms with van der Waals surface area (Å²) in [7, 11) is 1.46. The van der Waals surface area contributed by atoms with Crippen LogP contribution in [0.25, 0.3) is 10.9 Å². The minimum absolute atomic E-state index is 0.201. The third-order valence-electron chi connectivity index (χ3n) is 1.86. The molecular weight excluding hydrogens is 248 g/mol. The lowest BCUT2D eigenvalue weighted by molar-refractivity contribution is 0.380. The van der Waals surface area contributed by atoms with Crippen LogP contribution in [0.3, 0.4) is 0 Å². The highest BCUT2D eigenvalue weighted by atomic mass is 79.9. The minimum Gasteiger partial charge on any atom is -0.468 e. The van der Waals surface area contributed by atoms with E-state index in [1.165, 1.54) is 7.11 Å². The highest BCUT2D eigenvalue weighted by molar-refractivity contribution is 9.10. The number of nitrogens with zero attached hydrogens (tertiary/aromatic N) is 1. The number of benzene rings is 1. The van der Waals surface area contributed by atoms with Gasteiger partial charge in [-0.25, -0.2) is 0 Å². The van der Waals surface area contributed by atoms with E-state index in [4.69, 9.17) is 4.74 Å². The smallest absolute Gasteiger partial charge is 0.296 e. The zero-order chi connectivity index (χ0) is 10.1. The van der Waals surface area contributed by atoms with Crippen LogP contribution in [0.1, 0.15) is 0 Å². The molecule has 0 bridgehead atoms. The van der Waals surface area contributed by atoms with Gasteiger partial charge < -0.3 is 4.74 Å². The van der Waals surface area contributed by atoms with Crippen molar-refractivity contribution >= 4 is 26.8 Å². The van der Waals surface area contributed by atoms with Crippen LogP contribution in [0.4, 0.5) is 0 Å². The highest BCUT2D eigenvalue weighted by Gasteiger charge is 2.05. The van der Waals surface area contributed by atoms with E-state index in [0.29, 0.717) is 10.9 Å². The number of aromatic amines is 1. The molecule has 2 aromatic rings. The molecule has 0 saturated carbocycles. The van der Waals surface area contributed by atoms with Crippen molar-refractivity contribution in [3.8, 4) is 6.01 Å². The van der Waals surface area contributed by atoms with Crippen molar-refractivity contribution < 1.29 is 4.74 Å². The predicted molar refractivity (Wildman–Crippen MR) is 56.6 cm³/mol. The van der Waals surface area contributed by atoms with Gasteiger partial charge in [-0.3, -0.25) is 9.78 Å². The first kappa shape index (κ1) is 9.21. The second-order valence-electron chi connectivity index (χ2n) is 2.71. The number of nitrogens with one attached hydrogen (secondary N) is 1. The molecule has 14 heavy (non-hydrogen) atoms. The number of halogens is 1. The summed E-state index contributed by atoms with van der Waals surface area (Å²) in [5, 5.41) is 0.542. The maximum Gasteiger partial charge on any atom is 0.296 e. The number of H-pyrrole nitrogens is 1. The second kappa shape index (κ2) is 3.42. The fraction of sp³-hybridized carbons (Fsp3) is 0.111. The van der Waals surface area contributed by atoms with E-state index in [1.54, 1.807) is 12.1 Å².